The summed E-state index contributed by atoms with van der Waals surface area (Å²) in [6.07, 6.45) is 0. The lowest BCUT2D eigenvalue weighted by molar-refractivity contribution is -0.158. The molecule has 0 aliphatic rings. The van der Waals surface area contributed by atoms with E-state index in [0.717, 1.165) is 0 Å². The third-order valence-corrected chi connectivity index (χ3v) is 2.65. The van der Waals surface area contributed by atoms with Crippen molar-refractivity contribution in [2.75, 3.05) is 0 Å². The number of benzene rings is 1. The second-order valence-corrected chi connectivity index (χ2v) is 5.90. The molecule has 0 spiro atoms. The van der Waals surface area contributed by atoms with Crippen LogP contribution in [0.2, 0.25) is 5.02 Å². The van der Waals surface area contributed by atoms with Crippen molar-refractivity contribution < 1.29 is 14.3 Å². The molecule has 1 aromatic carbocycles. The minimum absolute atomic E-state index is 0.294. The highest BCUT2D eigenvalue weighted by Gasteiger charge is 2.30. The first-order valence-corrected chi connectivity index (χ1v) is 6.46. The molecule has 0 N–H and O–H groups in total. The fourth-order valence-corrected chi connectivity index (χ4v) is 1.98. The van der Waals surface area contributed by atoms with Gasteiger partial charge in [0.1, 0.15) is 17.3 Å². The minimum atomic E-state index is -1.07. The maximum atomic E-state index is 12.1. The topological polar surface area (TPSA) is 67.2 Å². The minimum Gasteiger partial charge on any atom is -0.459 e. The average Bonchev–Trinajstić information content (AvgIpc) is 2.25. The molecule has 1 atom stereocenters. The van der Waals surface area contributed by atoms with Crippen molar-refractivity contribution >= 4 is 23.4 Å². The van der Waals surface area contributed by atoms with Crippen molar-refractivity contribution in [3.8, 4) is 6.07 Å². The molecular weight excluding hydrogens is 278 g/mol. The van der Waals surface area contributed by atoms with Gasteiger partial charge in [-0.1, -0.05) is 11.6 Å². The predicted molar refractivity (Wildman–Crippen MR) is 75.4 cm³/mol. The Morgan fingerprint density at radius 3 is 2.35 bits per heavy atom. The zero-order valence-electron chi connectivity index (χ0n) is 11.9. The molecule has 0 fully saturated rings. The quantitative estimate of drug-likeness (QED) is 0.634. The Balaban J connectivity index is 3.22. The zero-order valence-corrected chi connectivity index (χ0v) is 12.6. The Morgan fingerprint density at radius 1 is 1.30 bits per heavy atom. The summed E-state index contributed by atoms with van der Waals surface area (Å²) in [5.41, 5.74) is -0.0281. The van der Waals surface area contributed by atoms with Gasteiger partial charge in [-0.3, -0.25) is 9.59 Å². The highest BCUT2D eigenvalue weighted by molar-refractivity contribution is 6.30. The molecule has 1 rings (SSSR count). The van der Waals surface area contributed by atoms with Gasteiger partial charge in [0.05, 0.1) is 11.6 Å². The van der Waals surface area contributed by atoms with E-state index in [4.69, 9.17) is 21.6 Å². The van der Waals surface area contributed by atoms with E-state index in [0.29, 0.717) is 16.1 Å². The van der Waals surface area contributed by atoms with Gasteiger partial charge in [0.2, 0.25) is 0 Å². The van der Waals surface area contributed by atoms with Crippen LogP contribution in [0.4, 0.5) is 0 Å². The third-order valence-electron chi connectivity index (χ3n) is 2.43. The Morgan fingerprint density at radius 2 is 1.90 bits per heavy atom. The largest absolute Gasteiger partial charge is 0.459 e. The number of rotatable bonds is 3. The Kier molecular flexibility index (Phi) is 4.91. The third kappa shape index (κ3) is 4.36. The molecule has 1 unspecified atom stereocenters. The fraction of sp³-hybridized carbons (Fsp3) is 0.400. The second kappa shape index (κ2) is 6.06. The summed E-state index contributed by atoms with van der Waals surface area (Å²) in [4.78, 5) is 23.9. The first-order valence-electron chi connectivity index (χ1n) is 6.08. The van der Waals surface area contributed by atoms with E-state index < -0.39 is 17.5 Å². The zero-order chi connectivity index (χ0) is 15.5. The molecule has 0 saturated carbocycles. The number of esters is 1. The standard InChI is InChI=1S/C15H16ClNO3/c1-9(18)13(14(19)20-15(2,3)4)11-5-10(8-17)6-12(16)7-11/h5-7,13H,1-4H3. The van der Waals surface area contributed by atoms with Crippen molar-refractivity contribution in [3.05, 3.63) is 34.3 Å². The molecule has 0 saturated heterocycles. The molecule has 106 valence electrons. The van der Waals surface area contributed by atoms with Crippen LogP contribution in [0.25, 0.3) is 0 Å². The van der Waals surface area contributed by atoms with Gasteiger partial charge in [0.15, 0.2) is 0 Å². The summed E-state index contributed by atoms with van der Waals surface area (Å²) in [5.74, 6) is -2.07. The number of ketones is 1. The molecule has 0 aliphatic carbocycles. The molecule has 0 aliphatic heterocycles. The van der Waals surface area contributed by atoms with E-state index in [9.17, 15) is 9.59 Å². The first kappa shape index (κ1) is 16.2. The Labute approximate surface area is 123 Å². The van der Waals surface area contributed by atoms with Gasteiger partial charge >= 0.3 is 5.97 Å². The number of nitriles is 1. The van der Waals surface area contributed by atoms with Gasteiger partial charge in [-0.05, 0) is 51.5 Å². The summed E-state index contributed by atoms with van der Waals surface area (Å²) >= 11 is 5.90. The van der Waals surface area contributed by atoms with Crippen LogP contribution in [0, 0.1) is 11.3 Å². The first-order chi connectivity index (χ1) is 9.14. The number of carbonyl (C=O) groups excluding carboxylic acids is 2. The van der Waals surface area contributed by atoms with Crippen LogP contribution < -0.4 is 0 Å². The van der Waals surface area contributed by atoms with Crippen LogP contribution in [-0.2, 0) is 14.3 Å². The number of hydrogen-bond donors (Lipinski definition) is 0. The number of hydrogen-bond acceptors (Lipinski definition) is 4. The lowest BCUT2D eigenvalue weighted by atomic mass is 9.94. The van der Waals surface area contributed by atoms with Crippen LogP contribution >= 0.6 is 11.6 Å². The van der Waals surface area contributed by atoms with Gasteiger partial charge in [-0.15, -0.1) is 0 Å². The number of carbonyl (C=O) groups is 2. The van der Waals surface area contributed by atoms with Crippen molar-refractivity contribution in [2.45, 2.75) is 39.2 Å². The number of ether oxygens (including phenoxy) is 1. The van der Waals surface area contributed by atoms with Crippen LogP contribution in [0.5, 0.6) is 0 Å². The van der Waals surface area contributed by atoms with Crippen LogP contribution in [-0.4, -0.2) is 17.4 Å². The van der Waals surface area contributed by atoms with E-state index >= 15 is 0 Å². The molecular formula is C15H16ClNO3. The van der Waals surface area contributed by atoms with Crippen molar-refractivity contribution in [1.82, 2.24) is 0 Å². The highest BCUT2D eigenvalue weighted by Crippen LogP contribution is 2.25. The van der Waals surface area contributed by atoms with Crippen molar-refractivity contribution in [2.24, 2.45) is 0 Å². The van der Waals surface area contributed by atoms with Crippen molar-refractivity contribution in [1.29, 1.82) is 5.26 Å². The lowest BCUT2D eigenvalue weighted by Gasteiger charge is -2.23. The van der Waals surface area contributed by atoms with Gasteiger partial charge in [-0.2, -0.15) is 5.26 Å². The van der Waals surface area contributed by atoms with E-state index in [1.54, 1.807) is 20.8 Å². The molecule has 0 radical (unpaired) electrons. The summed E-state index contributed by atoms with van der Waals surface area (Å²) < 4.78 is 5.24. The smallest absolute Gasteiger partial charge is 0.321 e. The van der Waals surface area contributed by atoms with Crippen molar-refractivity contribution in [3.63, 3.8) is 0 Å². The van der Waals surface area contributed by atoms with Gasteiger partial charge < -0.3 is 4.74 Å². The van der Waals surface area contributed by atoms with Crippen LogP contribution in [0.1, 0.15) is 44.7 Å². The van der Waals surface area contributed by atoms with E-state index in [2.05, 4.69) is 0 Å². The number of halogens is 1. The highest BCUT2D eigenvalue weighted by atomic mass is 35.5. The van der Waals surface area contributed by atoms with E-state index in [1.165, 1.54) is 25.1 Å². The summed E-state index contributed by atoms with van der Waals surface area (Å²) in [7, 11) is 0. The molecule has 1 aromatic rings. The number of nitrogens with zero attached hydrogens (tertiary/aromatic N) is 1. The Hall–Kier alpha value is -1.86. The molecule has 20 heavy (non-hydrogen) atoms. The Bertz CT molecular complexity index is 582. The molecule has 5 heteroatoms. The van der Waals surface area contributed by atoms with Gasteiger partial charge in [0, 0.05) is 5.02 Å². The SMILES string of the molecule is CC(=O)C(C(=O)OC(C)(C)C)c1cc(Cl)cc(C#N)c1. The maximum Gasteiger partial charge on any atom is 0.321 e. The molecule has 0 aromatic heterocycles. The lowest BCUT2D eigenvalue weighted by Crippen LogP contribution is -2.30. The second-order valence-electron chi connectivity index (χ2n) is 5.46. The summed E-state index contributed by atoms with van der Waals surface area (Å²) in [5, 5.41) is 9.22. The van der Waals surface area contributed by atoms with Crippen LogP contribution in [0.3, 0.4) is 0 Å². The maximum absolute atomic E-state index is 12.1. The average molecular weight is 294 g/mol. The van der Waals surface area contributed by atoms with E-state index in [-0.39, 0.29) is 5.78 Å². The monoisotopic (exact) mass is 293 g/mol. The summed E-state index contributed by atoms with van der Waals surface area (Å²) in [6, 6.07) is 6.38. The normalized spacial score (nSPS) is 12.4. The molecule has 0 amide bonds. The summed E-state index contributed by atoms with van der Waals surface area (Å²) in [6.45, 7) is 6.48. The molecule has 4 nitrogen and oxygen atoms in total. The molecule has 0 heterocycles. The van der Waals surface area contributed by atoms with Gasteiger partial charge in [0.25, 0.3) is 0 Å². The van der Waals surface area contributed by atoms with Crippen LogP contribution in [0.15, 0.2) is 18.2 Å². The van der Waals surface area contributed by atoms with Gasteiger partial charge in [-0.25, -0.2) is 0 Å². The van der Waals surface area contributed by atoms with E-state index in [1.807, 2.05) is 6.07 Å². The molecule has 0 bridgehead atoms. The number of Topliss-reactive ketones (excluding diaryl/α,β-unsaturated/α-hetero) is 1. The fourth-order valence-electron chi connectivity index (χ4n) is 1.74. The predicted octanol–water partition coefficient (Wildman–Crippen LogP) is 3.23.